The Hall–Kier alpha value is -3.39. The maximum absolute atomic E-state index is 13.7. The lowest BCUT2D eigenvalue weighted by molar-refractivity contribution is 0.0393. The number of H-pyrrole nitrogens is 1. The maximum Gasteiger partial charge on any atom is 0.243 e. The molecule has 0 spiro atoms. The van der Waals surface area contributed by atoms with Crippen molar-refractivity contribution in [1.29, 1.82) is 0 Å². The highest BCUT2D eigenvalue weighted by atomic mass is 32.2. The second kappa shape index (κ2) is 11.6. The molecular formula is C27H32F2N6O4S. The molecule has 1 fully saturated rings. The van der Waals surface area contributed by atoms with Gasteiger partial charge in [-0.25, -0.2) is 17.2 Å². The van der Waals surface area contributed by atoms with E-state index < -0.39 is 26.6 Å². The number of hydrogen-bond acceptors (Lipinski definition) is 8. The van der Waals surface area contributed by atoms with Crippen molar-refractivity contribution in [3.63, 3.8) is 0 Å². The molecule has 0 radical (unpaired) electrons. The Morgan fingerprint density at radius 3 is 2.55 bits per heavy atom. The minimum atomic E-state index is -4.16. The number of sulfonamides is 1. The van der Waals surface area contributed by atoms with Crippen LogP contribution in [-0.2, 0) is 34.1 Å². The monoisotopic (exact) mass is 574 g/mol. The maximum atomic E-state index is 13.7. The van der Waals surface area contributed by atoms with Gasteiger partial charge in [0.15, 0.2) is 5.78 Å². The summed E-state index contributed by atoms with van der Waals surface area (Å²) in [6.07, 6.45) is 0.242. The number of nitrogens with one attached hydrogen (secondary N) is 1. The number of hydrogen-bond donors (Lipinski definition) is 2. The third-order valence-electron chi connectivity index (χ3n) is 7.42. The number of anilines is 2. The lowest BCUT2D eigenvalue weighted by Crippen LogP contribution is -2.40. The molecule has 13 heteroatoms. The Morgan fingerprint density at radius 1 is 1.12 bits per heavy atom. The van der Waals surface area contributed by atoms with E-state index >= 15 is 0 Å². The summed E-state index contributed by atoms with van der Waals surface area (Å²) in [5, 5.41) is 7.17. The molecule has 0 amide bonds. The van der Waals surface area contributed by atoms with Crippen LogP contribution >= 0.6 is 0 Å². The number of ketones is 1. The Kier molecular flexibility index (Phi) is 8.17. The van der Waals surface area contributed by atoms with Crippen LogP contribution < -0.4 is 10.6 Å². The number of aromatic nitrogens is 2. The smallest absolute Gasteiger partial charge is 0.243 e. The first kappa shape index (κ1) is 28.1. The highest BCUT2D eigenvalue weighted by Gasteiger charge is 2.32. The summed E-state index contributed by atoms with van der Waals surface area (Å²) in [6.45, 7) is 5.04. The largest absolute Gasteiger partial charge is 0.398 e. The number of carbonyl (C=O) groups is 1. The van der Waals surface area contributed by atoms with Gasteiger partial charge in [0.25, 0.3) is 0 Å². The van der Waals surface area contributed by atoms with Gasteiger partial charge < -0.3 is 15.4 Å². The van der Waals surface area contributed by atoms with Crippen LogP contribution in [-0.4, -0.2) is 86.6 Å². The molecule has 3 N–H and O–H groups in total. The Bertz CT molecular complexity index is 1490. The molecule has 0 bridgehead atoms. The molecule has 2 aromatic carbocycles. The highest BCUT2D eigenvalue weighted by Crippen LogP contribution is 2.28. The van der Waals surface area contributed by atoms with E-state index in [2.05, 4.69) is 20.0 Å². The van der Waals surface area contributed by atoms with Crippen LogP contribution in [0.5, 0.6) is 0 Å². The van der Waals surface area contributed by atoms with Crippen LogP contribution in [0.2, 0.25) is 0 Å². The van der Waals surface area contributed by atoms with E-state index in [1.807, 2.05) is 13.1 Å². The zero-order valence-corrected chi connectivity index (χ0v) is 23.0. The summed E-state index contributed by atoms with van der Waals surface area (Å²) >= 11 is 0. The number of morpholine rings is 1. The fourth-order valence-electron chi connectivity index (χ4n) is 5.04. The summed E-state index contributed by atoms with van der Waals surface area (Å²) < 4.78 is 60.2. The number of halogens is 2. The van der Waals surface area contributed by atoms with Gasteiger partial charge in [-0.2, -0.15) is 9.40 Å². The van der Waals surface area contributed by atoms with Crippen molar-refractivity contribution in [2.24, 2.45) is 0 Å². The van der Waals surface area contributed by atoms with E-state index in [9.17, 15) is 22.0 Å². The topological polar surface area (TPSA) is 125 Å². The first-order valence-corrected chi connectivity index (χ1v) is 14.5. The second-order valence-corrected chi connectivity index (χ2v) is 12.0. The van der Waals surface area contributed by atoms with E-state index in [1.54, 1.807) is 12.1 Å². The van der Waals surface area contributed by atoms with Gasteiger partial charge in [0.2, 0.25) is 10.0 Å². The average Bonchev–Trinajstić information content (AvgIpc) is 3.33. The van der Waals surface area contributed by atoms with Gasteiger partial charge >= 0.3 is 0 Å². The summed E-state index contributed by atoms with van der Waals surface area (Å²) in [7, 11) is -2.19. The van der Waals surface area contributed by atoms with E-state index in [0.717, 1.165) is 67.2 Å². The fourth-order valence-corrected chi connectivity index (χ4v) is 6.49. The molecule has 0 unspecified atom stereocenters. The Morgan fingerprint density at radius 2 is 1.85 bits per heavy atom. The first-order valence-electron chi connectivity index (χ1n) is 13.1. The van der Waals surface area contributed by atoms with Crippen LogP contribution in [0.3, 0.4) is 0 Å². The molecule has 2 aliphatic heterocycles. The predicted octanol–water partition coefficient (Wildman–Crippen LogP) is 2.21. The van der Waals surface area contributed by atoms with E-state index in [1.165, 1.54) is 0 Å². The number of fused-ring (bicyclic) bond motifs is 1. The number of rotatable bonds is 9. The molecule has 0 atom stereocenters. The fraction of sp³-hybridized carbons (Fsp3) is 0.407. The molecule has 0 saturated carbocycles. The molecule has 5 rings (SSSR count). The van der Waals surface area contributed by atoms with Gasteiger partial charge in [-0.3, -0.25) is 14.8 Å². The number of nitrogens with two attached hydrogens (primary N) is 1. The molecular weight excluding hydrogens is 542 g/mol. The first-order chi connectivity index (χ1) is 19.1. The SMILES string of the molecule is CN(CCN1CCOCC1)c1ccc(C(=O)Cc2n[nH]c3c2CN(S(=O)(=O)c2cc(F)cc(F)c2)CC3)c(N)c1. The predicted molar refractivity (Wildman–Crippen MR) is 146 cm³/mol. The van der Waals surface area contributed by atoms with Crippen molar-refractivity contribution < 1.29 is 26.7 Å². The van der Waals surface area contributed by atoms with Gasteiger partial charge in [-0.15, -0.1) is 0 Å². The number of carbonyl (C=O) groups excluding carboxylic acids is 1. The normalized spacial score (nSPS) is 16.6. The van der Waals surface area contributed by atoms with Crippen molar-refractivity contribution in [3.8, 4) is 0 Å². The van der Waals surface area contributed by atoms with Crippen molar-refractivity contribution in [3.05, 3.63) is 70.5 Å². The van der Waals surface area contributed by atoms with Crippen LogP contribution in [0, 0.1) is 11.6 Å². The van der Waals surface area contributed by atoms with Crippen molar-refractivity contribution >= 4 is 27.2 Å². The van der Waals surface area contributed by atoms with Crippen molar-refractivity contribution in [2.45, 2.75) is 24.3 Å². The number of benzene rings is 2. The standard InChI is InChI=1S/C27H32F2N6O4S/c1-33(6-7-34-8-10-39-11-9-34)20-2-3-22(24(30)15-20)27(36)16-26-23-17-35(5-4-25(23)31-32-26)40(37,38)21-13-18(28)12-19(29)14-21/h2-3,12-15H,4-11,16-17,30H2,1H3,(H,31,32). The van der Waals surface area contributed by atoms with Crippen molar-refractivity contribution in [2.75, 3.05) is 63.6 Å². The number of nitrogen functional groups attached to an aromatic ring is 1. The van der Waals surface area contributed by atoms with Crippen molar-refractivity contribution in [1.82, 2.24) is 19.4 Å². The second-order valence-electron chi connectivity index (χ2n) is 10.1. The minimum Gasteiger partial charge on any atom is -0.398 e. The van der Waals surface area contributed by atoms with E-state index in [4.69, 9.17) is 10.5 Å². The number of ether oxygens (including phenoxy) is 1. The molecule has 2 aliphatic rings. The van der Waals surface area contributed by atoms with Crippen LogP contribution in [0.4, 0.5) is 20.2 Å². The molecule has 1 aromatic heterocycles. The number of Topliss-reactive ketones (excluding diaryl/α,β-unsaturated/α-hetero) is 1. The Labute approximate surface area is 231 Å². The third-order valence-corrected chi connectivity index (χ3v) is 9.24. The van der Waals surface area contributed by atoms with Gasteiger partial charge in [0.05, 0.1) is 30.2 Å². The van der Waals surface area contributed by atoms with Crippen LogP contribution in [0.25, 0.3) is 0 Å². The molecule has 40 heavy (non-hydrogen) atoms. The Balaban J connectivity index is 1.26. The quantitative estimate of drug-likeness (QED) is 0.295. The minimum absolute atomic E-state index is 0.0722. The summed E-state index contributed by atoms with van der Waals surface area (Å²) in [5.41, 5.74) is 9.61. The zero-order valence-electron chi connectivity index (χ0n) is 22.2. The number of nitrogens with zero attached hydrogens (tertiary/aromatic N) is 4. The molecule has 10 nitrogen and oxygen atoms in total. The van der Waals surface area contributed by atoms with Crippen LogP contribution in [0.15, 0.2) is 41.3 Å². The molecule has 3 aromatic rings. The molecule has 0 aliphatic carbocycles. The van der Waals surface area contributed by atoms with Gasteiger partial charge in [-0.1, -0.05) is 0 Å². The molecule has 3 heterocycles. The summed E-state index contributed by atoms with van der Waals surface area (Å²) in [5.74, 6) is -2.20. The van der Waals surface area contributed by atoms with Gasteiger partial charge in [0.1, 0.15) is 11.6 Å². The van der Waals surface area contributed by atoms with Gasteiger partial charge in [-0.05, 0) is 30.3 Å². The van der Waals surface area contributed by atoms with Crippen LogP contribution in [0.1, 0.15) is 27.3 Å². The van der Waals surface area contributed by atoms with E-state index in [0.29, 0.717) is 35.0 Å². The third kappa shape index (κ3) is 6.02. The highest BCUT2D eigenvalue weighted by molar-refractivity contribution is 7.89. The lowest BCUT2D eigenvalue weighted by Gasteiger charge is -2.29. The summed E-state index contributed by atoms with van der Waals surface area (Å²) in [4.78, 5) is 17.2. The number of aromatic amines is 1. The lowest BCUT2D eigenvalue weighted by atomic mass is 9.99. The van der Waals surface area contributed by atoms with E-state index in [-0.39, 0.29) is 25.3 Å². The molecule has 1 saturated heterocycles. The summed E-state index contributed by atoms with van der Waals surface area (Å²) in [6, 6.07) is 7.54. The number of likely N-dealkylation sites (N-methyl/N-ethyl adjacent to an activating group) is 1. The van der Waals surface area contributed by atoms with Gasteiger partial charge in [0, 0.05) is 87.0 Å². The molecule has 214 valence electrons. The average molecular weight is 575 g/mol. The zero-order chi connectivity index (χ0) is 28.4.